The predicted octanol–water partition coefficient (Wildman–Crippen LogP) is 3.75. The predicted molar refractivity (Wildman–Crippen MR) is 82.5 cm³/mol. The Balaban J connectivity index is 1.65. The first kappa shape index (κ1) is 16.8. The normalized spacial score (nSPS) is 14.7. The Hall–Kier alpha value is -2.02. The van der Waals surface area contributed by atoms with Gasteiger partial charge < -0.3 is 5.32 Å². The smallest absolute Gasteiger partial charge is 0.350 e. The molecule has 0 aliphatic heterocycles. The third-order valence-electron chi connectivity index (χ3n) is 3.79. The van der Waals surface area contributed by atoms with Crippen molar-refractivity contribution in [2.24, 2.45) is 0 Å². The molecule has 0 spiro atoms. The molecule has 8 heteroatoms. The Morgan fingerprint density at radius 3 is 2.54 bits per heavy atom. The number of halogens is 4. The number of rotatable bonds is 5. The van der Waals surface area contributed by atoms with E-state index >= 15 is 0 Å². The zero-order valence-corrected chi connectivity index (χ0v) is 13.4. The number of hydrogen-bond donors (Lipinski definition) is 1. The van der Waals surface area contributed by atoms with Crippen molar-refractivity contribution >= 4 is 17.5 Å². The fourth-order valence-corrected chi connectivity index (χ4v) is 2.52. The Morgan fingerprint density at radius 1 is 1.29 bits per heavy atom. The summed E-state index contributed by atoms with van der Waals surface area (Å²) in [6, 6.07) is 8.00. The minimum Gasteiger partial charge on any atom is -0.350 e. The molecular weight excluding hydrogens is 343 g/mol. The second kappa shape index (κ2) is 6.47. The van der Waals surface area contributed by atoms with E-state index in [9.17, 15) is 18.0 Å². The SMILES string of the molecule is O=C(Cn1nc(C(F)(F)F)cc1C1CC1)NCc1ccc(Cl)cc1. The maximum absolute atomic E-state index is 12.8. The van der Waals surface area contributed by atoms with E-state index in [0.717, 1.165) is 29.2 Å². The van der Waals surface area contributed by atoms with Crippen molar-refractivity contribution in [3.8, 4) is 0 Å². The minimum absolute atomic E-state index is 0.0673. The highest BCUT2D eigenvalue weighted by Gasteiger charge is 2.38. The van der Waals surface area contributed by atoms with Crippen molar-refractivity contribution in [2.75, 3.05) is 0 Å². The van der Waals surface area contributed by atoms with Gasteiger partial charge in [-0.05, 0) is 36.6 Å². The molecular formula is C16H15ClF3N3O. The molecule has 0 saturated heterocycles. The summed E-state index contributed by atoms with van der Waals surface area (Å²) in [5.41, 5.74) is 0.380. The molecule has 1 aromatic carbocycles. The topological polar surface area (TPSA) is 46.9 Å². The Bertz CT molecular complexity index is 736. The second-order valence-corrected chi connectivity index (χ2v) is 6.22. The van der Waals surface area contributed by atoms with Crippen LogP contribution in [0, 0.1) is 0 Å². The molecule has 4 nitrogen and oxygen atoms in total. The summed E-state index contributed by atoms with van der Waals surface area (Å²) in [6.07, 6.45) is -2.85. The number of nitrogens with zero attached hydrogens (tertiary/aromatic N) is 2. The largest absolute Gasteiger partial charge is 0.435 e. The lowest BCUT2D eigenvalue weighted by atomic mass is 10.2. The van der Waals surface area contributed by atoms with Crippen LogP contribution in [0.25, 0.3) is 0 Å². The average Bonchev–Trinajstić information content (AvgIpc) is 3.26. The molecule has 128 valence electrons. The number of amides is 1. The molecule has 0 unspecified atom stereocenters. The number of alkyl halides is 3. The van der Waals surface area contributed by atoms with Crippen LogP contribution in [0.2, 0.25) is 5.02 Å². The fraction of sp³-hybridized carbons (Fsp3) is 0.375. The second-order valence-electron chi connectivity index (χ2n) is 5.79. The lowest BCUT2D eigenvalue weighted by Crippen LogP contribution is -2.28. The van der Waals surface area contributed by atoms with Crippen molar-refractivity contribution in [1.29, 1.82) is 0 Å². The highest BCUT2D eigenvalue weighted by molar-refractivity contribution is 6.30. The van der Waals surface area contributed by atoms with Crippen LogP contribution in [0.3, 0.4) is 0 Å². The van der Waals surface area contributed by atoms with Crippen molar-refractivity contribution < 1.29 is 18.0 Å². The third kappa shape index (κ3) is 4.08. The summed E-state index contributed by atoms with van der Waals surface area (Å²) >= 11 is 5.78. The first-order valence-corrected chi connectivity index (χ1v) is 7.87. The van der Waals surface area contributed by atoms with E-state index in [4.69, 9.17) is 11.6 Å². The molecule has 1 aliphatic rings. The zero-order valence-electron chi connectivity index (χ0n) is 12.6. The highest BCUT2D eigenvalue weighted by atomic mass is 35.5. The molecule has 1 fully saturated rings. The number of carbonyl (C=O) groups is 1. The summed E-state index contributed by atoms with van der Waals surface area (Å²) in [5.74, 6) is -0.318. The molecule has 24 heavy (non-hydrogen) atoms. The van der Waals surface area contributed by atoms with Gasteiger partial charge in [-0.15, -0.1) is 0 Å². The molecule has 2 aromatic rings. The number of benzene rings is 1. The van der Waals surface area contributed by atoms with Gasteiger partial charge in [0.15, 0.2) is 5.69 Å². The summed E-state index contributed by atoms with van der Waals surface area (Å²) < 4.78 is 39.6. The van der Waals surface area contributed by atoms with E-state index in [1.54, 1.807) is 24.3 Å². The Labute approximate surface area is 141 Å². The van der Waals surface area contributed by atoms with Gasteiger partial charge in [-0.1, -0.05) is 23.7 Å². The Kier molecular flexibility index (Phi) is 4.54. The van der Waals surface area contributed by atoms with Crippen molar-refractivity contribution in [2.45, 2.75) is 38.0 Å². The molecule has 0 bridgehead atoms. The standard InChI is InChI=1S/C16H15ClF3N3O/c17-12-5-1-10(2-6-12)8-21-15(24)9-23-13(11-3-4-11)7-14(22-23)16(18,19)20/h1-2,5-7,11H,3-4,8-9H2,(H,21,24). The highest BCUT2D eigenvalue weighted by Crippen LogP contribution is 2.42. The van der Waals surface area contributed by atoms with E-state index in [2.05, 4.69) is 10.4 Å². The third-order valence-corrected chi connectivity index (χ3v) is 4.05. The quantitative estimate of drug-likeness (QED) is 0.886. The lowest BCUT2D eigenvalue weighted by molar-refractivity contribution is -0.141. The van der Waals surface area contributed by atoms with Crippen LogP contribution in [-0.2, 0) is 24.1 Å². The van der Waals surface area contributed by atoms with Gasteiger partial charge in [-0.25, -0.2) is 0 Å². The van der Waals surface area contributed by atoms with Crippen molar-refractivity contribution in [3.63, 3.8) is 0 Å². The minimum atomic E-state index is -4.51. The molecule has 1 aliphatic carbocycles. The van der Waals surface area contributed by atoms with Gasteiger partial charge in [0.25, 0.3) is 0 Å². The van der Waals surface area contributed by atoms with E-state index in [0.29, 0.717) is 10.7 Å². The summed E-state index contributed by atoms with van der Waals surface area (Å²) in [7, 11) is 0. The Morgan fingerprint density at radius 2 is 1.96 bits per heavy atom. The number of hydrogen-bond acceptors (Lipinski definition) is 2. The van der Waals surface area contributed by atoms with Crippen LogP contribution in [0.15, 0.2) is 30.3 Å². The lowest BCUT2D eigenvalue weighted by Gasteiger charge is -2.08. The zero-order chi connectivity index (χ0) is 17.3. The summed E-state index contributed by atoms with van der Waals surface area (Å²) in [5, 5.41) is 6.83. The van der Waals surface area contributed by atoms with Crippen LogP contribution in [0.5, 0.6) is 0 Å². The number of nitrogens with one attached hydrogen (secondary N) is 1. The van der Waals surface area contributed by atoms with Gasteiger partial charge in [0.05, 0.1) is 0 Å². The van der Waals surface area contributed by atoms with Crippen LogP contribution < -0.4 is 5.32 Å². The average molecular weight is 358 g/mol. The van der Waals surface area contributed by atoms with Gasteiger partial charge in [0.1, 0.15) is 6.54 Å². The molecule has 0 atom stereocenters. The summed E-state index contributed by atoms with van der Waals surface area (Å²) in [4.78, 5) is 12.0. The van der Waals surface area contributed by atoms with Gasteiger partial charge in [-0.2, -0.15) is 18.3 Å². The molecule has 1 saturated carbocycles. The van der Waals surface area contributed by atoms with Crippen molar-refractivity contribution in [1.82, 2.24) is 15.1 Å². The monoisotopic (exact) mass is 357 g/mol. The van der Waals surface area contributed by atoms with E-state index in [1.807, 2.05) is 0 Å². The molecule has 3 rings (SSSR count). The van der Waals surface area contributed by atoms with E-state index < -0.39 is 11.9 Å². The maximum atomic E-state index is 12.8. The molecule has 1 amide bonds. The molecule has 0 radical (unpaired) electrons. The molecule has 1 N–H and O–H groups in total. The number of carbonyl (C=O) groups excluding carboxylic acids is 1. The van der Waals surface area contributed by atoms with Crippen LogP contribution in [0.1, 0.15) is 35.7 Å². The van der Waals surface area contributed by atoms with Crippen LogP contribution in [-0.4, -0.2) is 15.7 Å². The van der Waals surface area contributed by atoms with Gasteiger partial charge in [0, 0.05) is 23.2 Å². The molecule has 1 heterocycles. The van der Waals surface area contributed by atoms with E-state index in [1.165, 1.54) is 0 Å². The van der Waals surface area contributed by atoms with Gasteiger partial charge in [0.2, 0.25) is 5.91 Å². The van der Waals surface area contributed by atoms with Crippen LogP contribution in [0.4, 0.5) is 13.2 Å². The number of aromatic nitrogens is 2. The first-order valence-electron chi connectivity index (χ1n) is 7.49. The van der Waals surface area contributed by atoms with Gasteiger partial charge in [-0.3, -0.25) is 9.48 Å². The van der Waals surface area contributed by atoms with Crippen LogP contribution >= 0.6 is 11.6 Å². The summed E-state index contributed by atoms with van der Waals surface area (Å²) in [6.45, 7) is 0.0532. The van der Waals surface area contributed by atoms with Crippen molar-refractivity contribution in [3.05, 3.63) is 52.3 Å². The fourth-order valence-electron chi connectivity index (χ4n) is 2.40. The van der Waals surface area contributed by atoms with E-state index in [-0.39, 0.29) is 24.9 Å². The van der Waals surface area contributed by atoms with Gasteiger partial charge >= 0.3 is 6.18 Å². The first-order chi connectivity index (χ1) is 11.3. The maximum Gasteiger partial charge on any atom is 0.435 e. The molecule has 1 aromatic heterocycles.